The third-order valence-corrected chi connectivity index (χ3v) is 4.23. The highest BCUT2D eigenvalue weighted by molar-refractivity contribution is 6.06. The molecule has 0 saturated carbocycles. The van der Waals surface area contributed by atoms with Crippen LogP contribution in [0.4, 0.5) is 17.1 Å². The van der Waals surface area contributed by atoms with Gasteiger partial charge in [-0.05, 0) is 61.7 Å². The monoisotopic (exact) mass is 323 g/mol. The smallest absolute Gasteiger partial charge is 0.247 e. The maximum atomic E-state index is 12.2. The Morgan fingerprint density at radius 3 is 2.50 bits per heavy atom. The van der Waals surface area contributed by atoms with Crippen molar-refractivity contribution in [3.63, 3.8) is 0 Å². The van der Waals surface area contributed by atoms with Crippen molar-refractivity contribution in [1.29, 1.82) is 0 Å². The van der Waals surface area contributed by atoms with Crippen molar-refractivity contribution in [3.05, 3.63) is 53.1 Å². The molecule has 0 saturated heterocycles. The van der Waals surface area contributed by atoms with Crippen LogP contribution in [0.5, 0.6) is 0 Å². The normalized spacial score (nSPS) is 16.0. The molecule has 124 valence electrons. The molecule has 1 aliphatic heterocycles. The van der Waals surface area contributed by atoms with Gasteiger partial charge in [0, 0.05) is 5.69 Å². The van der Waals surface area contributed by atoms with Crippen molar-refractivity contribution in [2.24, 2.45) is 0 Å². The number of hydrogen-bond donors (Lipinski definition) is 3. The van der Waals surface area contributed by atoms with E-state index in [2.05, 4.69) is 16.0 Å². The summed E-state index contributed by atoms with van der Waals surface area (Å²) >= 11 is 0. The van der Waals surface area contributed by atoms with Gasteiger partial charge < -0.3 is 16.0 Å². The van der Waals surface area contributed by atoms with E-state index in [4.69, 9.17) is 0 Å². The molecule has 2 aromatic rings. The van der Waals surface area contributed by atoms with Gasteiger partial charge in [-0.25, -0.2) is 0 Å². The van der Waals surface area contributed by atoms with Crippen LogP contribution in [0.25, 0.3) is 0 Å². The summed E-state index contributed by atoms with van der Waals surface area (Å²) in [6, 6.07) is 10.9. The van der Waals surface area contributed by atoms with Crippen LogP contribution in [0, 0.1) is 20.8 Å². The Bertz CT molecular complexity index is 814. The highest BCUT2D eigenvalue weighted by Gasteiger charge is 2.27. The van der Waals surface area contributed by atoms with E-state index in [-0.39, 0.29) is 18.2 Å². The van der Waals surface area contributed by atoms with E-state index in [0.29, 0.717) is 0 Å². The molecule has 5 nitrogen and oxygen atoms in total. The number of rotatable bonds is 3. The summed E-state index contributed by atoms with van der Waals surface area (Å²) in [5, 5.41) is 8.88. The minimum atomic E-state index is -0.579. The van der Waals surface area contributed by atoms with Crippen LogP contribution in [-0.4, -0.2) is 17.9 Å². The Morgan fingerprint density at radius 2 is 1.79 bits per heavy atom. The number of carbonyl (C=O) groups is 2. The second-order valence-electron chi connectivity index (χ2n) is 6.29. The Hall–Kier alpha value is -2.82. The quantitative estimate of drug-likeness (QED) is 0.811. The lowest BCUT2D eigenvalue weighted by atomic mass is 10.0. The fraction of sp³-hybridized carbons (Fsp3) is 0.263. The number of aryl methyl sites for hydroxylation is 3. The van der Waals surface area contributed by atoms with E-state index in [9.17, 15) is 9.59 Å². The number of hydrogen-bond acceptors (Lipinski definition) is 3. The molecule has 0 bridgehead atoms. The van der Waals surface area contributed by atoms with Crippen molar-refractivity contribution < 1.29 is 9.59 Å². The standard InChI is InChI=1S/C19H21N3O2/c1-11-5-4-6-14(7-11)20-18(23)10-17-19(24)22-16-9-13(3)12(2)8-15(16)21-17/h4-9,17,21H,10H2,1-3H3,(H,20,23)(H,22,24)/t17-/m0/s1. The molecule has 24 heavy (non-hydrogen) atoms. The number of carbonyl (C=O) groups excluding carboxylic acids is 2. The van der Waals surface area contributed by atoms with Gasteiger partial charge in [-0.15, -0.1) is 0 Å². The summed E-state index contributed by atoms with van der Waals surface area (Å²) < 4.78 is 0. The molecule has 3 rings (SSSR count). The maximum Gasteiger partial charge on any atom is 0.247 e. The minimum Gasteiger partial charge on any atom is -0.372 e. The van der Waals surface area contributed by atoms with Crippen LogP contribution >= 0.6 is 0 Å². The van der Waals surface area contributed by atoms with Gasteiger partial charge in [-0.1, -0.05) is 12.1 Å². The van der Waals surface area contributed by atoms with E-state index in [1.807, 2.05) is 57.2 Å². The van der Waals surface area contributed by atoms with E-state index >= 15 is 0 Å². The SMILES string of the molecule is Cc1cccc(NC(=O)C[C@@H]2Nc3cc(C)c(C)cc3NC2=O)c1. The Kier molecular flexibility index (Phi) is 4.25. The molecule has 2 aromatic carbocycles. The van der Waals surface area contributed by atoms with Gasteiger partial charge in [-0.3, -0.25) is 9.59 Å². The van der Waals surface area contributed by atoms with E-state index in [1.165, 1.54) is 0 Å². The van der Waals surface area contributed by atoms with Crippen molar-refractivity contribution in [1.82, 2.24) is 0 Å². The van der Waals surface area contributed by atoms with Crippen molar-refractivity contribution >= 4 is 28.9 Å². The third kappa shape index (κ3) is 3.40. The average Bonchev–Trinajstić information content (AvgIpc) is 2.50. The first-order valence-corrected chi connectivity index (χ1v) is 7.97. The first-order valence-electron chi connectivity index (χ1n) is 7.97. The minimum absolute atomic E-state index is 0.0755. The zero-order valence-electron chi connectivity index (χ0n) is 14.1. The van der Waals surface area contributed by atoms with E-state index < -0.39 is 6.04 Å². The van der Waals surface area contributed by atoms with Crippen molar-refractivity contribution in [3.8, 4) is 0 Å². The van der Waals surface area contributed by atoms with Gasteiger partial charge >= 0.3 is 0 Å². The first-order chi connectivity index (χ1) is 11.4. The van der Waals surface area contributed by atoms with Crippen LogP contribution in [0.15, 0.2) is 36.4 Å². The Balaban J connectivity index is 1.70. The summed E-state index contributed by atoms with van der Waals surface area (Å²) in [6.45, 7) is 5.99. The Morgan fingerprint density at radius 1 is 1.08 bits per heavy atom. The molecule has 0 aliphatic carbocycles. The summed E-state index contributed by atoms with van der Waals surface area (Å²) in [4.78, 5) is 24.5. The molecular weight excluding hydrogens is 302 g/mol. The highest BCUT2D eigenvalue weighted by atomic mass is 16.2. The zero-order valence-corrected chi connectivity index (χ0v) is 14.1. The van der Waals surface area contributed by atoms with Crippen LogP contribution in [0.1, 0.15) is 23.1 Å². The van der Waals surface area contributed by atoms with Crippen LogP contribution < -0.4 is 16.0 Å². The number of fused-ring (bicyclic) bond motifs is 1. The van der Waals surface area contributed by atoms with Crippen LogP contribution in [0.2, 0.25) is 0 Å². The van der Waals surface area contributed by atoms with Crippen molar-refractivity contribution in [2.45, 2.75) is 33.2 Å². The second kappa shape index (κ2) is 6.35. The van der Waals surface area contributed by atoms with Gasteiger partial charge in [0.25, 0.3) is 0 Å². The van der Waals surface area contributed by atoms with Crippen LogP contribution in [-0.2, 0) is 9.59 Å². The lowest BCUT2D eigenvalue weighted by Gasteiger charge is -2.27. The summed E-state index contributed by atoms with van der Waals surface area (Å²) in [5.41, 5.74) is 5.68. The molecule has 2 amide bonds. The molecule has 1 atom stereocenters. The van der Waals surface area contributed by atoms with Gasteiger partial charge in [0.05, 0.1) is 17.8 Å². The molecule has 0 radical (unpaired) electrons. The van der Waals surface area contributed by atoms with Crippen LogP contribution in [0.3, 0.4) is 0 Å². The molecule has 0 aromatic heterocycles. The molecule has 1 heterocycles. The number of benzene rings is 2. The summed E-state index contributed by atoms with van der Waals surface area (Å²) in [7, 11) is 0. The zero-order chi connectivity index (χ0) is 17.3. The molecule has 1 aliphatic rings. The second-order valence-corrected chi connectivity index (χ2v) is 6.29. The fourth-order valence-electron chi connectivity index (χ4n) is 2.78. The highest BCUT2D eigenvalue weighted by Crippen LogP contribution is 2.30. The summed E-state index contributed by atoms with van der Waals surface area (Å²) in [5.74, 6) is -0.384. The topological polar surface area (TPSA) is 70.2 Å². The molecule has 0 spiro atoms. The first kappa shape index (κ1) is 16.1. The molecule has 5 heteroatoms. The molecule has 3 N–H and O–H groups in total. The lowest BCUT2D eigenvalue weighted by molar-refractivity contribution is -0.122. The number of anilines is 3. The lowest BCUT2D eigenvalue weighted by Crippen LogP contribution is -2.41. The molecule has 0 unspecified atom stereocenters. The molecule has 0 fully saturated rings. The number of nitrogens with one attached hydrogen (secondary N) is 3. The fourth-order valence-corrected chi connectivity index (χ4v) is 2.78. The predicted molar refractivity (Wildman–Crippen MR) is 96.4 cm³/mol. The van der Waals surface area contributed by atoms with Gasteiger partial charge in [0.1, 0.15) is 6.04 Å². The maximum absolute atomic E-state index is 12.2. The summed E-state index contributed by atoms with van der Waals surface area (Å²) in [6.07, 6.45) is 0.0755. The number of amides is 2. The largest absolute Gasteiger partial charge is 0.372 e. The van der Waals surface area contributed by atoms with Crippen molar-refractivity contribution in [2.75, 3.05) is 16.0 Å². The third-order valence-electron chi connectivity index (χ3n) is 4.23. The van der Waals surface area contributed by atoms with Gasteiger partial charge in [0.2, 0.25) is 11.8 Å². The van der Waals surface area contributed by atoms with Gasteiger partial charge in [-0.2, -0.15) is 0 Å². The van der Waals surface area contributed by atoms with Gasteiger partial charge in [0.15, 0.2) is 0 Å². The Labute approximate surface area is 141 Å². The van der Waals surface area contributed by atoms with E-state index in [1.54, 1.807) is 0 Å². The average molecular weight is 323 g/mol. The molecular formula is C19H21N3O2. The predicted octanol–water partition coefficient (Wildman–Crippen LogP) is 3.37. The van der Waals surface area contributed by atoms with E-state index in [0.717, 1.165) is 33.8 Å².